The maximum atomic E-state index is 10.5. The first-order valence-corrected chi connectivity index (χ1v) is 4.65. The number of carbonyl (C=O) groups excluding carboxylic acids is 1. The maximum Gasteiger partial charge on any atom is 0.182 e. The van der Waals surface area contributed by atoms with Gasteiger partial charge in [-0.3, -0.25) is 4.79 Å². The van der Waals surface area contributed by atoms with Gasteiger partial charge < -0.3 is 4.42 Å². The number of nitrogens with zero attached hydrogens (tertiary/aromatic N) is 1. The quantitative estimate of drug-likeness (QED) is 0.721. The first-order valence-electron chi connectivity index (χ1n) is 3.45. The molecule has 2 aromatic heterocycles. The van der Waals surface area contributed by atoms with Gasteiger partial charge in [-0.1, -0.05) is 11.6 Å². The molecule has 0 amide bonds. The Morgan fingerprint density at radius 2 is 2.38 bits per heavy atom. The first-order chi connectivity index (χ1) is 6.31. The fraction of sp³-hybridized carbons (Fsp3) is 0. The van der Waals surface area contributed by atoms with Crippen molar-refractivity contribution in [2.45, 2.75) is 0 Å². The molecule has 0 radical (unpaired) electrons. The van der Waals surface area contributed by atoms with Gasteiger partial charge in [-0.15, -0.1) is 11.3 Å². The van der Waals surface area contributed by atoms with E-state index in [1.807, 2.05) is 0 Å². The minimum atomic E-state index is 0.304. The Kier molecular flexibility index (Phi) is 2.16. The molecule has 0 N–H and O–H groups in total. The summed E-state index contributed by atoms with van der Waals surface area (Å²) >= 11 is 7.09. The molecular formula is C8H4ClNO2S. The number of carbonyl (C=O) groups is 1. The zero-order valence-electron chi connectivity index (χ0n) is 6.36. The van der Waals surface area contributed by atoms with Crippen LogP contribution in [-0.2, 0) is 0 Å². The topological polar surface area (TPSA) is 43.1 Å². The van der Waals surface area contributed by atoms with Crippen LogP contribution in [0.1, 0.15) is 10.5 Å². The van der Waals surface area contributed by atoms with Crippen LogP contribution in [0.3, 0.4) is 0 Å². The van der Waals surface area contributed by atoms with E-state index < -0.39 is 0 Å². The van der Waals surface area contributed by atoms with Gasteiger partial charge in [0.05, 0.1) is 9.21 Å². The molecule has 0 atom stereocenters. The second-order valence-corrected chi connectivity index (χ2v) is 4.00. The molecular weight excluding hydrogens is 210 g/mol. The molecule has 0 aliphatic carbocycles. The molecule has 0 spiro atoms. The van der Waals surface area contributed by atoms with Crippen molar-refractivity contribution >= 4 is 29.2 Å². The van der Waals surface area contributed by atoms with Crippen molar-refractivity contribution in [3.05, 3.63) is 28.6 Å². The van der Waals surface area contributed by atoms with Gasteiger partial charge in [-0.05, 0) is 12.1 Å². The van der Waals surface area contributed by atoms with Crippen LogP contribution in [0.5, 0.6) is 0 Å². The van der Waals surface area contributed by atoms with Crippen LogP contribution >= 0.6 is 22.9 Å². The lowest BCUT2D eigenvalue weighted by Gasteiger charge is -1.88. The number of hydrogen-bond donors (Lipinski definition) is 0. The molecule has 0 fully saturated rings. The lowest BCUT2D eigenvalue weighted by Crippen LogP contribution is -1.80. The van der Waals surface area contributed by atoms with Gasteiger partial charge in [-0.25, -0.2) is 4.98 Å². The smallest absolute Gasteiger partial charge is 0.182 e. The average molecular weight is 214 g/mol. The number of halogens is 1. The summed E-state index contributed by atoms with van der Waals surface area (Å²) in [4.78, 5) is 15.1. The van der Waals surface area contributed by atoms with Crippen LogP contribution < -0.4 is 0 Å². The summed E-state index contributed by atoms with van der Waals surface area (Å²) in [5.74, 6) is 0.479. The van der Waals surface area contributed by atoms with Crippen molar-refractivity contribution in [1.29, 1.82) is 0 Å². The zero-order chi connectivity index (χ0) is 9.26. The molecule has 5 heteroatoms. The summed E-state index contributed by atoms with van der Waals surface area (Å²) in [6.45, 7) is 0. The molecule has 0 aliphatic heterocycles. The molecule has 13 heavy (non-hydrogen) atoms. The Balaban J connectivity index is 2.51. The predicted molar refractivity (Wildman–Crippen MR) is 50.2 cm³/mol. The van der Waals surface area contributed by atoms with Gasteiger partial charge in [0, 0.05) is 0 Å². The second kappa shape index (κ2) is 3.32. The van der Waals surface area contributed by atoms with E-state index in [1.54, 1.807) is 12.1 Å². The average Bonchev–Trinajstić information content (AvgIpc) is 2.71. The summed E-state index contributed by atoms with van der Waals surface area (Å²) in [5, 5.41) is 0. The summed E-state index contributed by atoms with van der Waals surface area (Å²) in [6, 6.07) is 3.54. The van der Waals surface area contributed by atoms with Crippen molar-refractivity contribution in [1.82, 2.24) is 4.98 Å². The highest BCUT2D eigenvalue weighted by Gasteiger charge is 2.11. The first kappa shape index (κ1) is 8.47. The van der Waals surface area contributed by atoms with Gasteiger partial charge in [0.2, 0.25) is 0 Å². The Morgan fingerprint density at radius 1 is 1.54 bits per heavy atom. The lowest BCUT2D eigenvalue weighted by atomic mass is 10.3. The Bertz CT molecular complexity index is 435. The monoisotopic (exact) mass is 213 g/mol. The molecule has 3 nitrogen and oxygen atoms in total. The van der Waals surface area contributed by atoms with E-state index in [1.165, 1.54) is 17.7 Å². The lowest BCUT2D eigenvalue weighted by molar-refractivity contribution is 0.112. The third-order valence-corrected chi connectivity index (χ3v) is 2.73. The normalized spacial score (nSPS) is 10.2. The molecule has 0 unspecified atom stereocenters. The Labute approximate surface area is 83.0 Å². The van der Waals surface area contributed by atoms with E-state index in [-0.39, 0.29) is 0 Å². The molecule has 0 aromatic carbocycles. The number of aldehydes is 1. The highest BCUT2D eigenvalue weighted by molar-refractivity contribution is 7.19. The fourth-order valence-corrected chi connectivity index (χ4v) is 2.00. The van der Waals surface area contributed by atoms with Crippen molar-refractivity contribution in [2.75, 3.05) is 0 Å². The molecule has 2 heterocycles. The highest BCUT2D eigenvalue weighted by Crippen LogP contribution is 2.32. The minimum Gasteiger partial charge on any atom is -0.442 e. The zero-order valence-corrected chi connectivity index (χ0v) is 7.93. The largest absolute Gasteiger partial charge is 0.442 e. The van der Waals surface area contributed by atoms with Gasteiger partial charge in [-0.2, -0.15) is 0 Å². The number of hydrogen-bond acceptors (Lipinski definition) is 4. The molecule has 0 aliphatic rings. The summed E-state index contributed by atoms with van der Waals surface area (Å²) in [6.07, 6.45) is 1.90. The predicted octanol–water partition coefficient (Wildman–Crippen LogP) is 2.87. The summed E-state index contributed by atoms with van der Waals surface area (Å²) in [5.41, 5.74) is 0.304. The van der Waals surface area contributed by atoms with E-state index in [9.17, 15) is 4.79 Å². The van der Waals surface area contributed by atoms with Crippen LogP contribution in [-0.4, -0.2) is 11.3 Å². The van der Waals surface area contributed by atoms with Gasteiger partial charge >= 0.3 is 0 Å². The van der Waals surface area contributed by atoms with Crippen molar-refractivity contribution in [3.63, 3.8) is 0 Å². The van der Waals surface area contributed by atoms with Gasteiger partial charge in [0.1, 0.15) is 0 Å². The SMILES string of the molecule is O=Cc1ncoc1-c1ccc(Cl)s1. The Morgan fingerprint density at radius 3 is 3.00 bits per heavy atom. The number of rotatable bonds is 2. The molecule has 2 aromatic rings. The van der Waals surface area contributed by atoms with Crippen LogP contribution in [0.15, 0.2) is 22.9 Å². The van der Waals surface area contributed by atoms with Crippen molar-refractivity contribution in [2.24, 2.45) is 0 Å². The molecule has 0 bridgehead atoms. The molecule has 0 saturated carbocycles. The third-order valence-electron chi connectivity index (χ3n) is 1.50. The number of oxazole rings is 1. The van der Waals surface area contributed by atoms with E-state index in [0.717, 1.165) is 4.88 Å². The fourth-order valence-electron chi connectivity index (χ4n) is 0.959. The van der Waals surface area contributed by atoms with Crippen LogP contribution in [0.4, 0.5) is 0 Å². The van der Waals surface area contributed by atoms with Gasteiger partial charge in [0.15, 0.2) is 24.1 Å². The van der Waals surface area contributed by atoms with E-state index >= 15 is 0 Å². The van der Waals surface area contributed by atoms with Gasteiger partial charge in [0.25, 0.3) is 0 Å². The summed E-state index contributed by atoms with van der Waals surface area (Å²) < 4.78 is 5.72. The Hall–Kier alpha value is -1.13. The summed E-state index contributed by atoms with van der Waals surface area (Å²) in [7, 11) is 0. The van der Waals surface area contributed by atoms with Crippen LogP contribution in [0.25, 0.3) is 10.6 Å². The van der Waals surface area contributed by atoms with Crippen LogP contribution in [0, 0.1) is 0 Å². The van der Waals surface area contributed by atoms with Crippen molar-refractivity contribution < 1.29 is 9.21 Å². The van der Waals surface area contributed by atoms with Crippen LogP contribution in [0.2, 0.25) is 4.34 Å². The van der Waals surface area contributed by atoms with E-state index in [2.05, 4.69) is 4.98 Å². The molecule has 0 saturated heterocycles. The third kappa shape index (κ3) is 1.50. The second-order valence-electron chi connectivity index (χ2n) is 2.29. The highest BCUT2D eigenvalue weighted by atomic mass is 35.5. The standard InChI is InChI=1S/C8H4ClNO2S/c9-7-2-1-6(13-7)8-5(3-11)10-4-12-8/h1-4H. The van der Waals surface area contributed by atoms with Crippen molar-refractivity contribution in [3.8, 4) is 10.6 Å². The molecule has 2 rings (SSSR count). The number of thiophene rings is 1. The number of aromatic nitrogens is 1. The van der Waals surface area contributed by atoms with E-state index in [4.69, 9.17) is 16.0 Å². The van der Waals surface area contributed by atoms with E-state index in [0.29, 0.717) is 22.1 Å². The molecule has 66 valence electrons. The minimum absolute atomic E-state index is 0.304. The maximum absolute atomic E-state index is 10.5.